The minimum atomic E-state index is 0.681. The fourth-order valence-corrected chi connectivity index (χ4v) is 8.35. The van der Waals surface area contributed by atoms with Crippen LogP contribution in [-0.2, 0) is 0 Å². The molecule has 1 nitrogen and oxygen atoms in total. The molecule has 0 aliphatic heterocycles. The number of hydrogen-bond acceptors (Lipinski definition) is 3. The molecule has 0 amide bonds. The van der Waals surface area contributed by atoms with Gasteiger partial charge >= 0.3 is 0 Å². The van der Waals surface area contributed by atoms with Crippen molar-refractivity contribution in [2.24, 2.45) is 0 Å². The number of rotatable bonds is 3. The zero-order valence-corrected chi connectivity index (χ0v) is 23.0. The average molecular weight is 544 g/mol. The Kier molecular flexibility index (Phi) is 5.31. The van der Waals surface area contributed by atoms with Crippen molar-refractivity contribution in [2.45, 2.75) is 0 Å². The molecule has 0 atom stereocenters. The van der Waals surface area contributed by atoms with Gasteiger partial charge in [-0.25, -0.2) is 0 Å². The van der Waals surface area contributed by atoms with Gasteiger partial charge < -0.3 is 0 Å². The van der Waals surface area contributed by atoms with Crippen LogP contribution in [0.3, 0.4) is 0 Å². The normalized spacial score (nSPS) is 11.5. The molecule has 0 bridgehead atoms. The number of hydrogen-bond donors (Lipinski definition) is 0. The van der Waals surface area contributed by atoms with Crippen LogP contribution in [0.15, 0.2) is 127 Å². The van der Waals surface area contributed by atoms with E-state index in [4.69, 9.17) is 0 Å². The quantitative estimate of drug-likeness (QED) is 0.217. The van der Waals surface area contributed by atoms with Crippen LogP contribution in [-0.4, -0.2) is 0 Å². The summed E-state index contributed by atoms with van der Waals surface area (Å²) in [6, 6.07) is 47.6. The van der Waals surface area contributed by atoms with Crippen molar-refractivity contribution >= 4 is 63.0 Å². The molecular weight excluding hydrogens is 523 g/mol. The summed E-state index contributed by atoms with van der Waals surface area (Å²) >= 11 is 3.67. The van der Waals surface area contributed by atoms with Crippen molar-refractivity contribution in [3.8, 4) is 39.4 Å². The molecule has 0 aliphatic rings. The van der Waals surface area contributed by atoms with Crippen LogP contribution in [0.25, 0.3) is 73.7 Å². The molecule has 2 heterocycles. The Balaban J connectivity index is 1.54. The molecule has 0 aliphatic carbocycles. The third-order valence-electron chi connectivity index (χ3n) is 7.77. The van der Waals surface area contributed by atoms with E-state index in [2.05, 4.69) is 115 Å². The maximum absolute atomic E-state index is 10.2. The lowest BCUT2D eigenvalue weighted by atomic mass is 9.84. The standard InChI is InChI=1S/C37H21NS2/c38-22-23-10-1-2-11-24(23)35-25(27-16-8-20-33-36(27)29-12-3-5-18-31(29)39-33)14-7-15-26(35)28-17-9-21-34-37(28)30-13-4-6-19-32(30)40-34/h1-21H. The number of nitrogens with zero attached hydrogens (tertiary/aromatic N) is 1. The summed E-state index contributed by atoms with van der Waals surface area (Å²) in [5.41, 5.74) is 7.43. The first-order valence-electron chi connectivity index (χ1n) is 13.3. The van der Waals surface area contributed by atoms with Gasteiger partial charge in [0.25, 0.3) is 0 Å². The molecule has 186 valence electrons. The minimum absolute atomic E-state index is 0.681. The molecule has 0 saturated heterocycles. The van der Waals surface area contributed by atoms with Gasteiger partial charge in [0.2, 0.25) is 0 Å². The zero-order chi connectivity index (χ0) is 26.6. The zero-order valence-electron chi connectivity index (χ0n) is 21.4. The van der Waals surface area contributed by atoms with Gasteiger partial charge in [0.05, 0.1) is 11.6 Å². The second kappa shape index (κ2) is 9.17. The fourth-order valence-electron chi connectivity index (χ4n) is 6.09. The van der Waals surface area contributed by atoms with Gasteiger partial charge in [0.1, 0.15) is 0 Å². The number of fused-ring (bicyclic) bond motifs is 6. The molecule has 2 aromatic heterocycles. The van der Waals surface area contributed by atoms with Crippen LogP contribution in [0, 0.1) is 11.3 Å². The summed E-state index contributed by atoms with van der Waals surface area (Å²) in [7, 11) is 0. The van der Waals surface area contributed by atoms with Gasteiger partial charge in [0.15, 0.2) is 0 Å². The van der Waals surface area contributed by atoms with Crippen LogP contribution in [0.1, 0.15) is 5.56 Å². The average Bonchev–Trinajstić information content (AvgIpc) is 3.59. The molecule has 0 radical (unpaired) electrons. The number of nitriles is 1. The van der Waals surface area contributed by atoms with Gasteiger partial charge in [0, 0.05) is 45.9 Å². The van der Waals surface area contributed by atoms with E-state index in [-0.39, 0.29) is 0 Å². The van der Waals surface area contributed by atoms with Crippen molar-refractivity contribution in [2.75, 3.05) is 0 Å². The van der Waals surface area contributed by atoms with E-state index in [0.717, 1.165) is 22.3 Å². The largest absolute Gasteiger partial charge is 0.192 e. The highest BCUT2D eigenvalue weighted by Crippen LogP contribution is 2.48. The van der Waals surface area contributed by atoms with Crippen LogP contribution in [0.4, 0.5) is 0 Å². The Morgan fingerprint density at radius 1 is 0.400 bits per heavy atom. The first-order chi connectivity index (χ1) is 19.8. The monoisotopic (exact) mass is 543 g/mol. The Morgan fingerprint density at radius 3 is 1.40 bits per heavy atom. The second-order valence-corrected chi connectivity index (χ2v) is 12.1. The van der Waals surface area contributed by atoms with Gasteiger partial charge in [-0.1, -0.05) is 97.1 Å². The first kappa shape index (κ1) is 23.2. The fraction of sp³-hybridized carbons (Fsp3) is 0. The van der Waals surface area contributed by atoms with E-state index in [1.165, 1.54) is 51.5 Å². The molecule has 0 N–H and O–H groups in total. The summed E-state index contributed by atoms with van der Waals surface area (Å²) < 4.78 is 5.12. The van der Waals surface area contributed by atoms with E-state index in [1.54, 1.807) is 0 Å². The third kappa shape index (κ3) is 3.44. The van der Waals surface area contributed by atoms with Gasteiger partial charge in [-0.2, -0.15) is 5.26 Å². The summed E-state index contributed by atoms with van der Waals surface area (Å²) in [5, 5.41) is 15.3. The summed E-state index contributed by atoms with van der Waals surface area (Å²) in [5.74, 6) is 0. The molecule has 0 spiro atoms. The van der Waals surface area contributed by atoms with E-state index in [9.17, 15) is 5.26 Å². The summed E-state index contributed by atoms with van der Waals surface area (Å²) in [6.07, 6.45) is 0. The molecule has 0 fully saturated rings. The van der Waals surface area contributed by atoms with Crippen LogP contribution >= 0.6 is 22.7 Å². The highest BCUT2D eigenvalue weighted by atomic mass is 32.1. The lowest BCUT2D eigenvalue weighted by Crippen LogP contribution is -1.94. The second-order valence-electron chi connectivity index (χ2n) is 9.94. The molecule has 0 saturated carbocycles. The molecular formula is C37H21NS2. The van der Waals surface area contributed by atoms with Crippen molar-refractivity contribution in [1.82, 2.24) is 0 Å². The van der Waals surface area contributed by atoms with E-state index in [0.29, 0.717) is 5.56 Å². The van der Waals surface area contributed by atoms with Crippen LogP contribution < -0.4 is 0 Å². The topological polar surface area (TPSA) is 23.8 Å². The molecule has 40 heavy (non-hydrogen) atoms. The number of thiophene rings is 2. The van der Waals surface area contributed by atoms with Gasteiger partial charge in [-0.15, -0.1) is 22.7 Å². The van der Waals surface area contributed by atoms with E-state index >= 15 is 0 Å². The Bertz CT molecular complexity index is 2160. The minimum Gasteiger partial charge on any atom is -0.192 e. The SMILES string of the molecule is N#Cc1ccccc1-c1c(-c2cccc3sc4ccccc4c23)cccc1-c1cccc2sc3ccccc3c12. The highest BCUT2D eigenvalue weighted by molar-refractivity contribution is 7.26. The Hall–Kier alpha value is -4.75. The van der Waals surface area contributed by atoms with Crippen molar-refractivity contribution < 1.29 is 0 Å². The van der Waals surface area contributed by atoms with Gasteiger partial charge in [-0.05, 0) is 58.1 Å². The molecule has 3 heteroatoms. The van der Waals surface area contributed by atoms with Crippen molar-refractivity contribution in [1.29, 1.82) is 5.26 Å². The molecule has 8 aromatic rings. The maximum Gasteiger partial charge on any atom is 0.0998 e. The van der Waals surface area contributed by atoms with Crippen LogP contribution in [0.2, 0.25) is 0 Å². The Labute approximate surface area is 239 Å². The van der Waals surface area contributed by atoms with E-state index in [1.807, 2.05) is 40.9 Å². The summed E-state index contributed by atoms with van der Waals surface area (Å²) in [4.78, 5) is 0. The van der Waals surface area contributed by atoms with E-state index < -0.39 is 0 Å². The summed E-state index contributed by atoms with van der Waals surface area (Å²) in [6.45, 7) is 0. The predicted octanol–water partition coefficient (Wildman–Crippen LogP) is 11.3. The van der Waals surface area contributed by atoms with Gasteiger partial charge in [-0.3, -0.25) is 0 Å². The third-order valence-corrected chi connectivity index (χ3v) is 10.0. The lowest BCUT2D eigenvalue weighted by Gasteiger charge is -2.19. The maximum atomic E-state index is 10.2. The van der Waals surface area contributed by atoms with Crippen molar-refractivity contribution in [3.63, 3.8) is 0 Å². The Morgan fingerprint density at radius 2 is 0.825 bits per heavy atom. The molecule has 6 aromatic carbocycles. The predicted molar refractivity (Wildman–Crippen MR) is 173 cm³/mol. The highest BCUT2D eigenvalue weighted by Gasteiger charge is 2.21. The first-order valence-corrected chi connectivity index (χ1v) is 14.9. The smallest absolute Gasteiger partial charge is 0.0998 e. The van der Waals surface area contributed by atoms with Crippen LogP contribution in [0.5, 0.6) is 0 Å². The lowest BCUT2D eigenvalue weighted by molar-refractivity contribution is 1.48. The molecule has 8 rings (SSSR count). The number of benzene rings is 6. The molecule has 0 unspecified atom stereocenters. The van der Waals surface area contributed by atoms with Crippen molar-refractivity contribution in [3.05, 3.63) is 133 Å².